The Hall–Kier alpha value is -1.15. The third kappa shape index (κ3) is 2.95. The van der Waals surface area contributed by atoms with E-state index in [-0.39, 0.29) is 12.0 Å². The fourth-order valence-electron chi connectivity index (χ4n) is 1.81. The maximum absolute atomic E-state index is 12.9. The molecule has 1 aromatic rings. The molecule has 0 amide bonds. The molecule has 0 N–H and O–H groups in total. The second-order valence-corrected chi connectivity index (χ2v) is 3.88. The highest BCUT2D eigenvalue weighted by Gasteiger charge is 2.27. The standard InChI is InChI=1S/C15H21NO/c1-2-8-14(16-11-6-7-12-16)15(17)13-9-4-3-5-10-13/h3-5,9-10,14H,2,6-8,11-12H2,1H3/i6D2,7D2,11D2,12D2. The fraction of sp³-hybridized carbons (Fsp3) is 0.533. The number of carbonyl (C=O) groups is 1. The Labute approximate surface area is 115 Å². The van der Waals surface area contributed by atoms with E-state index in [1.807, 2.05) is 0 Å². The van der Waals surface area contributed by atoms with Crippen molar-refractivity contribution >= 4 is 5.78 Å². The molecule has 2 nitrogen and oxygen atoms in total. The fourth-order valence-corrected chi connectivity index (χ4v) is 1.81. The van der Waals surface area contributed by atoms with E-state index in [1.165, 1.54) is 12.1 Å². The van der Waals surface area contributed by atoms with Crippen LogP contribution in [-0.4, -0.2) is 29.7 Å². The lowest BCUT2D eigenvalue weighted by Gasteiger charge is -2.26. The number of likely N-dealkylation sites (tertiary alicyclic amines) is 1. The summed E-state index contributed by atoms with van der Waals surface area (Å²) in [7, 11) is 0. The van der Waals surface area contributed by atoms with Crippen LogP contribution in [0.5, 0.6) is 0 Å². The van der Waals surface area contributed by atoms with Gasteiger partial charge in [0.05, 0.1) is 6.04 Å². The van der Waals surface area contributed by atoms with E-state index in [0.29, 0.717) is 11.3 Å². The summed E-state index contributed by atoms with van der Waals surface area (Å²) < 4.78 is 63.9. The summed E-state index contributed by atoms with van der Waals surface area (Å²) in [4.78, 5) is 13.4. The molecule has 17 heavy (non-hydrogen) atoms. The summed E-state index contributed by atoms with van der Waals surface area (Å²) in [6.07, 6.45) is -5.75. The number of Topliss-reactive ketones (excluding diaryl/α,β-unsaturated/α-hetero) is 1. The smallest absolute Gasteiger partial charge is 0.179 e. The van der Waals surface area contributed by atoms with E-state index in [0.717, 1.165) is 0 Å². The summed E-state index contributed by atoms with van der Waals surface area (Å²) in [6.45, 7) is -4.25. The first-order valence-corrected chi connectivity index (χ1v) is 5.72. The lowest BCUT2D eigenvalue weighted by Crippen LogP contribution is -2.39. The van der Waals surface area contributed by atoms with E-state index in [4.69, 9.17) is 11.0 Å². The minimum absolute atomic E-state index is 0.0822. The molecular formula is C15H21NO. The quantitative estimate of drug-likeness (QED) is 0.736. The van der Waals surface area contributed by atoms with Gasteiger partial charge in [0.25, 0.3) is 0 Å². The van der Waals surface area contributed by atoms with Gasteiger partial charge in [-0.1, -0.05) is 43.7 Å². The van der Waals surface area contributed by atoms with Crippen molar-refractivity contribution in [3.05, 3.63) is 35.9 Å². The van der Waals surface area contributed by atoms with Gasteiger partial charge in [-0.15, -0.1) is 0 Å². The summed E-state index contributed by atoms with van der Waals surface area (Å²) >= 11 is 0. The normalized spacial score (nSPS) is 37.0. The SMILES string of the molecule is [2H]C1([2H])N(C(CCC)C(=O)c2ccccc2)C([2H])([2H])C([2H])([2H])C1([2H])[2H]. The Kier molecular flexibility index (Phi) is 1.99. The maximum atomic E-state index is 12.9. The third-order valence-electron chi connectivity index (χ3n) is 2.65. The van der Waals surface area contributed by atoms with Gasteiger partial charge < -0.3 is 0 Å². The largest absolute Gasteiger partial charge is 0.293 e. The molecule has 1 saturated heterocycles. The van der Waals surface area contributed by atoms with Crippen molar-refractivity contribution in [3.8, 4) is 0 Å². The first-order valence-electron chi connectivity index (χ1n) is 9.72. The van der Waals surface area contributed by atoms with Crippen LogP contribution >= 0.6 is 0 Å². The van der Waals surface area contributed by atoms with E-state index in [9.17, 15) is 4.79 Å². The van der Waals surface area contributed by atoms with Gasteiger partial charge >= 0.3 is 0 Å². The highest BCUT2D eigenvalue weighted by molar-refractivity contribution is 6.00. The Morgan fingerprint density at radius 2 is 2.00 bits per heavy atom. The average molecular weight is 239 g/mol. The molecule has 92 valence electrons. The van der Waals surface area contributed by atoms with Crippen LogP contribution in [0, 0.1) is 0 Å². The van der Waals surface area contributed by atoms with Gasteiger partial charge in [-0.3, -0.25) is 9.69 Å². The summed E-state index contributed by atoms with van der Waals surface area (Å²) in [6, 6.07) is 6.69. The van der Waals surface area contributed by atoms with Crippen molar-refractivity contribution in [2.45, 2.75) is 38.6 Å². The molecule has 1 aromatic carbocycles. The molecule has 0 spiro atoms. The first-order chi connectivity index (χ1) is 11.3. The van der Waals surface area contributed by atoms with Crippen molar-refractivity contribution in [3.63, 3.8) is 0 Å². The highest BCUT2D eigenvalue weighted by Crippen LogP contribution is 2.19. The molecule has 0 aliphatic carbocycles. The zero-order chi connectivity index (χ0) is 19.3. The van der Waals surface area contributed by atoms with Crippen LogP contribution in [0.25, 0.3) is 0 Å². The van der Waals surface area contributed by atoms with Crippen LogP contribution in [-0.2, 0) is 0 Å². The van der Waals surface area contributed by atoms with E-state index >= 15 is 0 Å². The predicted molar refractivity (Wildman–Crippen MR) is 70.3 cm³/mol. The molecule has 1 atom stereocenters. The minimum Gasteiger partial charge on any atom is -0.293 e. The molecule has 0 bridgehead atoms. The van der Waals surface area contributed by atoms with Crippen LogP contribution in [0.4, 0.5) is 0 Å². The zero-order valence-electron chi connectivity index (χ0n) is 17.7. The van der Waals surface area contributed by atoms with E-state index in [2.05, 4.69) is 0 Å². The lowest BCUT2D eigenvalue weighted by molar-refractivity contribution is 0.0837. The number of ketones is 1. The van der Waals surface area contributed by atoms with Gasteiger partial charge in [0.1, 0.15) is 0 Å². The number of benzene rings is 1. The Bertz CT molecular complexity index is 620. The first kappa shape index (κ1) is 5.66. The number of carbonyl (C=O) groups excluding carboxylic acids is 1. The zero-order valence-corrected chi connectivity index (χ0v) is 9.73. The van der Waals surface area contributed by atoms with E-state index < -0.39 is 37.6 Å². The summed E-state index contributed by atoms with van der Waals surface area (Å²) in [5, 5.41) is 0. The molecule has 2 rings (SSSR count). The van der Waals surface area contributed by atoms with Crippen molar-refractivity contribution in [2.24, 2.45) is 0 Å². The predicted octanol–water partition coefficient (Wildman–Crippen LogP) is 3.13. The monoisotopic (exact) mass is 239 g/mol. The Morgan fingerprint density at radius 1 is 1.35 bits per heavy atom. The number of hydrogen-bond donors (Lipinski definition) is 0. The second-order valence-electron chi connectivity index (χ2n) is 3.88. The van der Waals surface area contributed by atoms with Crippen LogP contribution in [0.1, 0.15) is 53.8 Å². The second kappa shape index (κ2) is 5.97. The van der Waals surface area contributed by atoms with Crippen LogP contribution in [0.3, 0.4) is 0 Å². The molecule has 2 heteroatoms. The molecule has 1 unspecified atom stereocenters. The van der Waals surface area contributed by atoms with E-state index in [1.54, 1.807) is 25.1 Å². The maximum Gasteiger partial charge on any atom is 0.179 e. The summed E-state index contributed by atoms with van der Waals surface area (Å²) in [5.74, 6) is -0.552. The Morgan fingerprint density at radius 3 is 2.59 bits per heavy atom. The van der Waals surface area contributed by atoms with Crippen LogP contribution in [0.2, 0.25) is 0 Å². The van der Waals surface area contributed by atoms with Crippen LogP contribution in [0.15, 0.2) is 30.3 Å². The number of hydrogen-bond acceptors (Lipinski definition) is 2. The van der Waals surface area contributed by atoms with Crippen molar-refractivity contribution in [1.82, 2.24) is 4.90 Å². The lowest BCUT2D eigenvalue weighted by atomic mass is 9.99. The minimum atomic E-state index is -3.13. The molecular weight excluding hydrogens is 210 g/mol. The molecule has 0 radical (unpaired) electrons. The molecule has 0 saturated carbocycles. The van der Waals surface area contributed by atoms with Crippen molar-refractivity contribution < 1.29 is 15.8 Å². The van der Waals surface area contributed by atoms with Gasteiger partial charge in [-0.05, 0) is 32.2 Å². The highest BCUT2D eigenvalue weighted by atomic mass is 16.1. The van der Waals surface area contributed by atoms with Gasteiger partial charge in [0, 0.05) is 16.5 Å². The molecule has 1 heterocycles. The van der Waals surface area contributed by atoms with Crippen molar-refractivity contribution in [1.29, 1.82) is 0 Å². The van der Waals surface area contributed by atoms with Gasteiger partial charge in [0.2, 0.25) is 0 Å². The number of rotatable bonds is 5. The average Bonchev–Trinajstić information content (AvgIpc) is 2.59. The summed E-state index contributed by atoms with van der Waals surface area (Å²) in [5.41, 5.74) is 0.251. The Balaban J connectivity index is 2.59. The molecule has 1 fully saturated rings. The van der Waals surface area contributed by atoms with Crippen molar-refractivity contribution in [2.75, 3.05) is 13.0 Å². The number of nitrogens with zero attached hydrogens (tertiary/aromatic N) is 1. The third-order valence-corrected chi connectivity index (χ3v) is 2.65. The van der Waals surface area contributed by atoms with Crippen LogP contribution < -0.4 is 0 Å². The van der Waals surface area contributed by atoms with Gasteiger partial charge in [-0.25, -0.2) is 0 Å². The van der Waals surface area contributed by atoms with Gasteiger partial charge in [0.15, 0.2) is 5.78 Å². The molecule has 0 aromatic heterocycles. The topological polar surface area (TPSA) is 20.3 Å². The molecule has 1 aliphatic heterocycles. The molecule has 1 aliphatic rings. The van der Waals surface area contributed by atoms with Gasteiger partial charge in [-0.2, -0.15) is 0 Å².